The lowest BCUT2D eigenvalue weighted by molar-refractivity contribution is -0.0135. The Morgan fingerprint density at radius 2 is 1.58 bits per heavy atom. The number of hydrogen-bond acceptors (Lipinski definition) is 4. The molecule has 2 N–H and O–H groups in total. The highest BCUT2D eigenvalue weighted by atomic mass is 19.1. The number of halogens is 1. The predicted molar refractivity (Wildman–Crippen MR) is 134 cm³/mol. The van der Waals surface area contributed by atoms with Gasteiger partial charge in [-0.05, 0) is 105 Å². The minimum Gasteiger partial charge on any atom is -0.486 e. The summed E-state index contributed by atoms with van der Waals surface area (Å²) in [6.07, 6.45) is 7.46. The third kappa shape index (κ3) is 5.66. The van der Waals surface area contributed by atoms with Gasteiger partial charge >= 0.3 is 12.0 Å². The van der Waals surface area contributed by atoms with Crippen LogP contribution in [0.5, 0.6) is 5.75 Å². The molecule has 2 amide bonds. The molecule has 0 aliphatic heterocycles. The Morgan fingerprint density at radius 1 is 0.972 bits per heavy atom. The first kappa shape index (κ1) is 24.6. The number of amides is 2. The molecule has 1 unspecified atom stereocenters. The van der Waals surface area contributed by atoms with Crippen LogP contribution in [-0.4, -0.2) is 30.7 Å². The van der Waals surface area contributed by atoms with Crippen LogP contribution >= 0.6 is 0 Å². The SMILES string of the molecule is CCOC(=O)c1ccc(C(CCNC(=O)NC23CC4CC(CC(C4)C2)C3)Oc2ccc(F)cc2)cc1. The van der Waals surface area contributed by atoms with Crippen LogP contribution in [0.25, 0.3) is 0 Å². The molecule has 6 nitrogen and oxygen atoms in total. The van der Waals surface area contributed by atoms with Crippen molar-refractivity contribution in [1.82, 2.24) is 10.6 Å². The van der Waals surface area contributed by atoms with Gasteiger partial charge in [-0.15, -0.1) is 0 Å². The molecule has 192 valence electrons. The van der Waals surface area contributed by atoms with E-state index in [4.69, 9.17) is 9.47 Å². The lowest BCUT2D eigenvalue weighted by Gasteiger charge is -2.56. The predicted octanol–water partition coefficient (Wildman–Crippen LogP) is 5.78. The summed E-state index contributed by atoms with van der Waals surface area (Å²) in [7, 11) is 0. The molecule has 0 aromatic heterocycles. The molecule has 4 saturated carbocycles. The summed E-state index contributed by atoms with van der Waals surface area (Å²) in [5.41, 5.74) is 1.29. The molecule has 7 heteroatoms. The monoisotopic (exact) mass is 494 g/mol. The Labute approximate surface area is 211 Å². The van der Waals surface area contributed by atoms with Gasteiger partial charge in [-0.1, -0.05) is 12.1 Å². The van der Waals surface area contributed by atoms with Gasteiger partial charge in [0.2, 0.25) is 0 Å². The van der Waals surface area contributed by atoms with E-state index in [9.17, 15) is 14.0 Å². The molecule has 4 bridgehead atoms. The lowest BCUT2D eigenvalue weighted by Crippen LogP contribution is -2.61. The number of ether oxygens (including phenoxy) is 2. The Balaban J connectivity index is 1.21. The first-order valence-electron chi connectivity index (χ1n) is 13.2. The molecule has 4 fully saturated rings. The highest BCUT2D eigenvalue weighted by Crippen LogP contribution is 2.55. The van der Waals surface area contributed by atoms with E-state index < -0.39 is 0 Å². The maximum atomic E-state index is 13.4. The Bertz CT molecular complexity index is 1030. The first-order valence-corrected chi connectivity index (χ1v) is 13.2. The molecule has 4 aliphatic rings. The van der Waals surface area contributed by atoms with Gasteiger partial charge in [0.25, 0.3) is 0 Å². The summed E-state index contributed by atoms with van der Waals surface area (Å²) in [4.78, 5) is 24.9. The van der Waals surface area contributed by atoms with Crippen molar-refractivity contribution >= 4 is 12.0 Å². The fourth-order valence-corrected chi connectivity index (χ4v) is 6.88. The van der Waals surface area contributed by atoms with Crippen LogP contribution in [0.3, 0.4) is 0 Å². The number of carbonyl (C=O) groups is 2. The highest BCUT2D eigenvalue weighted by Gasteiger charge is 2.51. The average molecular weight is 495 g/mol. The van der Waals surface area contributed by atoms with Crippen LogP contribution < -0.4 is 15.4 Å². The zero-order chi connectivity index (χ0) is 25.1. The Kier molecular flexibility index (Phi) is 7.17. The smallest absolute Gasteiger partial charge is 0.338 e. The molecule has 4 aliphatic carbocycles. The van der Waals surface area contributed by atoms with Gasteiger partial charge in [0, 0.05) is 18.5 Å². The minimum atomic E-state index is -0.383. The minimum absolute atomic E-state index is 0.0359. The molecule has 2 aromatic carbocycles. The Morgan fingerprint density at radius 3 is 2.17 bits per heavy atom. The van der Waals surface area contributed by atoms with Crippen molar-refractivity contribution in [3.8, 4) is 5.75 Å². The van der Waals surface area contributed by atoms with E-state index in [0.717, 1.165) is 42.6 Å². The number of esters is 1. The van der Waals surface area contributed by atoms with Gasteiger partial charge in [0.1, 0.15) is 17.7 Å². The van der Waals surface area contributed by atoms with Gasteiger partial charge in [-0.25, -0.2) is 14.0 Å². The lowest BCUT2D eigenvalue weighted by atomic mass is 9.53. The van der Waals surface area contributed by atoms with Crippen LogP contribution in [0.1, 0.15) is 73.9 Å². The maximum absolute atomic E-state index is 13.4. The van der Waals surface area contributed by atoms with E-state index in [1.54, 1.807) is 31.2 Å². The summed E-state index contributed by atoms with van der Waals surface area (Å²) in [6, 6.07) is 12.8. The summed E-state index contributed by atoms with van der Waals surface area (Å²) < 4.78 is 24.6. The van der Waals surface area contributed by atoms with Crippen LogP contribution in [0, 0.1) is 23.6 Å². The number of nitrogens with one attached hydrogen (secondary N) is 2. The van der Waals surface area contributed by atoms with Gasteiger partial charge in [-0.2, -0.15) is 0 Å². The van der Waals surface area contributed by atoms with Crippen LogP contribution in [0.4, 0.5) is 9.18 Å². The molecule has 0 saturated heterocycles. The van der Waals surface area contributed by atoms with E-state index in [2.05, 4.69) is 10.6 Å². The number of hydrogen-bond donors (Lipinski definition) is 2. The Hall–Kier alpha value is -3.09. The van der Waals surface area contributed by atoms with Crippen molar-refractivity contribution in [2.24, 2.45) is 17.8 Å². The zero-order valence-electron chi connectivity index (χ0n) is 20.8. The summed E-state index contributed by atoms with van der Waals surface area (Å²) >= 11 is 0. The van der Waals surface area contributed by atoms with Crippen molar-refractivity contribution in [3.05, 3.63) is 65.5 Å². The third-order valence-electron chi connectivity index (χ3n) is 7.99. The molecule has 0 spiro atoms. The number of rotatable bonds is 9. The van der Waals surface area contributed by atoms with Crippen molar-refractivity contribution in [1.29, 1.82) is 0 Å². The average Bonchev–Trinajstić information content (AvgIpc) is 2.84. The standard InChI is InChI=1S/C29H35FN2O4/c1-2-35-27(33)23-5-3-22(4-6-23)26(36-25-9-7-24(30)8-10-25)11-12-31-28(34)32-29-16-19-13-20(17-29)15-21(14-19)18-29/h3-10,19-21,26H,2,11-18H2,1H3,(H2,31,32,34). The van der Waals surface area contributed by atoms with Crippen molar-refractivity contribution in [2.45, 2.75) is 63.5 Å². The fourth-order valence-electron chi connectivity index (χ4n) is 6.88. The van der Waals surface area contributed by atoms with Crippen LogP contribution in [0.15, 0.2) is 48.5 Å². The second-order valence-corrected chi connectivity index (χ2v) is 10.8. The third-order valence-corrected chi connectivity index (χ3v) is 7.99. The van der Waals surface area contributed by atoms with Gasteiger partial charge < -0.3 is 20.1 Å². The largest absolute Gasteiger partial charge is 0.486 e. The molecule has 2 aromatic rings. The van der Waals surface area contributed by atoms with Crippen LogP contribution in [0.2, 0.25) is 0 Å². The second kappa shape index (κ2) is 10.5. The second-order valence-electron chi connectivity index (χ2n) is 10.8. The molecule has 6 rings (SSSR count). The molecular formula is C29H35FN2O4. The van der Waals surface area contributed by atoms with E-state index >= 15 is 0 Å². The van der Waals surface area contributed by atoms with E-state index in [0.29, 0.717) is 30.9 Å². The number of urea groups is 1. The quantitative estimate of drug-likeness (QED) is 0.433. The van der Waals surface area contributed by atoms with Crippen molar-refractivity contribution < 1.29 is 23.5 Å². The normalized spacial score (nSPS) is 26.8. The summed E-state index contributed by atoms with van der Waals surface area (Å²) in [6.45, 7) is 2.50. The molecule has 0 heterocycles. The molecule has 36 heavy (non-hydrogen) atoms. The first-order chi connectivity index (χ1) is 17.4. The molecular weight excluding hydrogens is 459 g/mol. The van der Waals surface area contributed by atoms with E-state index in [1.807, 2.05) is 12.1 Å². The van der Waals surface area contributed by atoms with Gasteiger partial charge in [-0.3, -0.25) is 0 Å². The molecule has 0 radical (unpaired) electrons. The van der Waals surface area contributed by atoms with Crippen molar-refractivity contribution in [3.63, 3.8) is 0 Å². The topological polar surface area (TPSA) is 76.7 Å². The molecule has 1 atom stereocenters. The van der Waals surface area contributed by atoms with Crippen LogP contribution in [-0.2, 0) is 4.74 Å². The van der Waals surface area contributed by atoms with Crippen molar-refractivity contribution in [2.75, 3.05) is 13.2 Å². The highest BCUT2D eigenvalue weighted by molar-refractivity contribution is 5.89. The number of carbonyl (C=O) groups excluding carboxylic acids is 2. The maximum Gasteiger partial charge on any atom is 0.338 e. The fraction of sp³-hybridized carbons (Fsp3) is 0.517. The van der Waals surface area contributed by atoms with E-state index in [1.165, 1.54) is 31.4 Å². The number of benzene rings is 2. The summed E-state index contributed by atoms with van der Waals surface area (Å²) in [5.74, 6) is 2.13. The zero-order valence-corrected chi connectivity index (χ0v) is 20.8. The summed E-state index contributed by atoms with van der Waals surface area (Å²) in [5, 5.41) is 6.38. The van der Waals surface area contributed by atoms with Gasteiger partial charge in [0.15, 0.2) is 0 Å². The van der Waals surface area contributed by atoms with E-state index in [-0.39, 0.29) is 29.5 Å². The van der Waals surface area contributed by atoms with Gasteiger partial charge in [0.05, 0.1) is 12.2 Å².